The van der Waals surface area contributed by atoms with Crippen molar-refractivity contribution >= 4 is 28.5 Å². The molecule has 1 aromatic heterocycles. The highest BCUT2D eigenvalue weighted by molar-refractivity contribution is 5.94. The molecule has 8 heteroatoms. The Morgan fingerprint density at radius 1 is 1.04 bits per heavy atom. The molecule has 0 unspecified atom stereocenters. The summed E-state index contributed by atoms with van der Waals surface area (Å²) in [6.45, 7) is -3.12. The molecule has 0 aliphatic rings. The summed E-state index contributed by atoms with van der Waals surface area (Å²) in [7, 11) is 0. The third-order valence-corrected chi connectivity index (χ3v) is 3.98. The van der Waals surface area contributed by atoms with E-state index in [9.17, 15) is 18.4 Å². The van der Waals surface area contributed by atoms with Gasteiger partial charge in [0.2, 0.25) is 0 Å². The van der Waals surface area contributed by atoms with Crippen LogP contribution in [-0.2, 0) is 20.9 Å². The van der Waals surface area contributed by atoms with Crippen molar-refractivity contribution in [2.45, 2.75) is 19.6 Å². The second-order valence-corrected chi connectivity index (χ2v) is 5.90. The minimum atomic E-state index is -3.01. The van der Waals surface area contributed by atoms with Gasteiger partial charge in [0.1, 0.15) is 5.75 Å². The molecule has 2 aromatic carbocycles. The number of carbonyl (C=O) groups excluding carboxylic acids is 2. The van der Waals surface area contributed by atoms with Gasteiger partial charge >= 0.3 is 12.6 Å². The zero-order chi connectivity index (χ0) is 19.9. The highest BCUT2D eigenvalue weighted by atomic mass is 19.3. The molecule has 0 saturated carbocycles. The van der Waals surface area contributed by atoms with E-state index in [1.807, 2.05) is 41.1 Å². The molecule has 0 fully saturated rings. The standard InChI is InChI=1S/C20H18F2N2O4/c21-20(22)28-17-8-4-2-6-15(17)23-18(25)13-27-19(26)10-12-24-11-9-14-5-1-3-7-16(14)24/h1-9,11,20H,10,12-13H2,(H,23,25). The molecule has 0 bridgehead atoms. The Balaban J connectivity index is 1.47. The number of carbonyl (C=O) groups is 2. The number of rotatable bonds is 8. The van der Waals surface area contributed by atoms with Crippen molar-refractivity contribution in [2.24, 2.45) is 0 Å². The Labute approximate surface area is 159 Å². The first kappa shape index (κ1) is 19.3. The van der Waals surface area contributed by atoms with E-state index in [2.05, 4.69) is 10.1 Å². The number of hydrogen-bond acceptors (Lipinski definition) is 4. The molecule has 28 heavy (non-hydrogen) atoms. The molecule has 0 atom stereocenters. The van der Waals surface area contributed by atoms with Crippen LogP contribution >= 0.6 is 0 Å². The predicted molar refractivity (Wildman–Crippen MR) is 99.2 cm³/mol. The molecule has 3 aromatic rings. The number of fused-ring (bicyclic) bond motifs is 1. The molecule has 0 aliphatic carbocycles. The van der Waals surface area contributed by atoms with Gasteiger partial charge in [0, 0.05) is 18.3 Å². The lowest BCUT2D eigenvalue weighted by Crippen LogP contribution is -2.22. The number of aromatic nitrogens is 1. The van der Waals surface area contributed by atoms with E-state index in [4.69, 9.17) is 4.74 Å². The normalized spacial score (nSPS) is 10.8. The first-order valence-electron chi connectivity index (χ1n) is 8.56. The number of para-hydroxylation sites is 3. The number of aryl methyl sites for hydroxylation is 1. The first-order valence-corrected chi connectivity index (χ1v) is 8.56. The second-order valence-electron chi connectivity index (χ2n) is 5.90. The van der Waals surface area contributed by atoms with E-state index in [1.165, 1.54) is 18.2 Å². The summed E-state index contributed by atoms with van der Waals surface area (Å²) in [5.41, 5.74) is 1.08. The van der Waals surface area contributed by atoms with Gasteiger partial charge in [0.05, 0.1) is 12.1 Å². The third-order valence-electron chi connectivity index (χ3n) is 3.98. The van der Waals surface area contributed by atoms with Crippen molar-refractivity contribution < 1.29 is 27.8 Å². The van der Waals surface area contributed by atoms with Crippen LogP contribution in [-0.4, -0.2) is 29.7 Å². The van der Waals surface area contributed by atoms with Gasteiger partial charge in [-0.1, -0.05) is 30.3 Å². The van der Waals surface area contributed by atoms with Crippen molar-refractivity contribution in [3.8, 4) is 5.75 Å². The lowest BCUT2D eigenvalue weighted by atomic mass is 10.2. The number of hydrogen-bond donors (Lipinski definition) is 1. The van der Waals surface area contributed by atoms with Crippen LogP contribution in [0, 0.1) is 0 Å². The van der Waals surface area contributed by atoms with E-state index < -0.39 is 25.1 Å². The SMILES string of the molecule is O=C(COC(=O)CCn1ccc2ccccc21)Nc1ccccc1OC(F)F. The van der Waals surface area contributed by atoms with E-state index in [1.54, 1.807) is 6.07 Å². The molecule has 0 spiro atoms. The van der Waals surface area contributed by atoms with E-state index in [-0.39, 0.29) is 17.9 Å². The maximum Gasteiger partial charge on any atom is 0.387 e. The molecule has 1 heterocycles. The van der Waals surface area contributed by atoms with Gasteiger partial charge in [0.15, 0.2) is 6.61 Å². The summed E-state index contributed by atoms with van der Waals surface area (Å²) in [4.78, 5) is 23.8. The zero-order valence-electron chi connectivity index (χ0n) is 14.8. The summed E-state index contributed by atoms with van der Waals surface area (Å²) in [5.74, 6) is -1.35. The van der Waals surface area contributed by atoms with Crippen LogP contribution in [0.5, 0.6) is 5.75 Å². The lowest BCUT2D eigenvalue weighted by molar-refractivity contribution is -0.147. The van der Waals surface area contributed by atoms with E-state index in [0.717, 1.165) is 10.9 Å². The number of amides is 1. The number of nitrogens with zero attached hydrogens (tertiary/aromatic N) is 1. The highest BCUT2D eigenvalue weighted by Gasteiger charge is 2.13. The fourth-order valence-electron chi connectivity index (χ4n) is 2.72. The number of halogens is 2. The fraction of sp³-hybridized carbons (Fsp3) is 0.200. The van der Waals surface area contributed by atoms with Crippen LogP contribution in [0.3, 0.4) is 0 Å². The molecule has 3 rings (SSSR count). The number of alkyl halides is 2. The average Bonchev–Trinajstić information content (AvgIpc) is 3.09. The summed E-state index contributed by atoms with van der Waals surface area (Å²) in [6, 6.07) is 15.5. The number of esters is 1. The first-order chi connectivity index (χ1) is 13.5. The zero-order valence-corrected chi connectivity index (χ0v) is 14.8. The Morgan fingerprint density at radius 2 is 1.79 bits per heavy atom. The minimum absolute atomic E-state index is 0.0719. The molecule has 1 amide bonds. The molecule has 1 N–H and O–H groups in total. The number of anilines is 1. The Bertz CT molecular complexity index is 972. The lowest BCUT2D eigenvalue weighted by Gasteiger charge is -2.12. The Morgan fingerprint density at radius 3 is 2.61 bits per heavy atom. The molecule has 146 valence electrons. The molecular formula is C20H18F2N2O4. The molecule has 0 saturated heterocycles. The predicted octanol–water partition coefficient (Wildman–Crippen LogP) is 3.81. The van der Waals surface area contributed by atoms with Crippen LogP contribution in [0.4, 0.5) is 14.5 Å². The van der Waals surface area contributed by atoms with Gasteiger partial charge in [0.25, 0.3) is 5.91 Å². The summed E-state index contributed by atoms with van der Waals surface area (Å²) < 4.78 is 36.0. The molecule has 0 radical (unpaired) electrons. The number of benzene rings is 2. The average molecular weight is 388 g/mol. The van der Waals surface area contributed by atoms with Gasteiger partial charge in [-0.05, 0) is 29.7 Å². The molecule has 0 aliphatic heterocycles. The highest BCUT2D eigenvalue weighted by Crippen LogP contribution is 2.25. The smallest absolute Gasteiger partial charge is 0.387 e. The van der Waals surface area contributed by atoms with Crippen molar-refractivity contribution in [3.05, 3.63) is 60.8 Å². The van der Waals surface area contributed by atoms with Crippen LogP contribution < -0.4 is 10.1 Å². The monoisotopic (exact) mass is 388 g/mol. The topological polar surface area (TPSA) is 69.6 Å². The number of nitrogens with one attached hydrogen (secondary N) is 1. The van der Waals surface area contributed by atoms with E-state index >= 15 is 0 Å². The quantitative estimate of drug-likeness (QED) is 0.596. The fourth-order valence-corrected chi connectivity index (χ4v) is 2.72. The van der Waals surface area contributed by atoms with E-state index in [0.29, 0.717) is 6.54 Å². The van der Waals surface area contributed by atoms with Crippen molar-refractivity contribution in [2.75, 3.05) is 11.9 Å². The second kappa shape index (κ2) is 8.98. The number of ether oxygens (including phenoxy) is 2. The maximum atomic E-state index is 12.4. The molecular weight excluding hydrogens is 370 g/mol. The van der Waals surface area contributed by atoms with Crippen LogP contribution in [0.25, 0.3) is 10.9 Å². The van der Waals surface area contributed by atoms with Crippen LogP contribution in [0.1, 0.15) is 6.42 Å². The maximum absolute atomic E-state index is 12.4. The van der Waals surface area contributed by atoms with Crippen LogP contribution in [0.2, 0.25) is 0 Å². The van der Waals surface area contributed by atoms with Crippen LogP contribution in [0.15, 0.2) is 60.8 Å². The van der Waals surface area contributed by atoms with Crippen molar-refractivity contribution in [3.63, 3.8) is 0 Å². The molecule has 6 nitrogen and oxygen atoms in total. The Hall–Kier alpha value is -3.42. The van der Waals surface area contributed by atoms with Gasteiger partial charge < -0.3 is 19.4 Å². The van der Waals surface area contributed by atoms with Gasteiger partial charge in [-0.2, -0.15) is 8.78 Å². The summed E-state index contributed by atoms with van der Waals surface area (Å²) >= 11 is 0. The van der Waals surface area contributed by atoms with Gasteiger partial charge in [-0.15, -0.1) is 0 Å². The van der Waals surface area contributed by atoms with Gasteiger partial charge in [-0.25, -0.2) is 0 Å². The van der Waals surface area contributed by atoms with Crippen molar-refractivity contribution in [1.82, 2.24) is 4.57 Å². The Kier molecular flexibility index (Phi) is 6.21. The minimum Gasteiger partial charge on any atom is -0.456 e. The van der Waals surface area contributed by atoms with Crippen molar-refractivity contribution in [1.29, 1.82) is 0 Å². The largest absolute Gasteiger partial charge is 0.456 e. The summed E-state index contributed by atoms with van der Waals surface area (Å²) in [6.07, 6.45) is 1.97. The third kappa shape index (κ3) is 5.06. The van der Waals surface area contributed by atoms with Gasteiger partial charge in [-0.3, -0.25) is 9.59 Å². The summed E-state index contributed by atoms with van der Waals surface area (Å²) in [5, 5.41) is 3.45.